The van der Waals surface area contributed by atoms with Gasteiger partial charge in [0.05, 0.1) is 24.6 Å². The normalized spacial score (nSPS) is 10.9. The molecule has 0 fully saturated rings. The van der Waals surface area contributed by atoms with Gasteiger partial charge in [-0.05, 0) is 37.3 Å². The monoisotopic (exact) mass is 378 g/mol. The summed E-state index contributed by atoms with van der Waals surface area (Å²) in [5, 5.41) is 0.776. The van der Waals surface area contributed by atoms with Gasteiger partial charge in [0.15, 0.2) is 5.76 Å². The summed E-state index contributed by atoms with van der Waals surface area (Å²) >= 11 is 0. The molecular formula is C20H18N4O4. The Hall–Kier alpha value is -3.81. The zero-order valence-corrected chi connectivity index (χ0v) is 15.3. The van der Waals surface area contributed by atoms with E-state index in [2.05, 4.69) is 20.8 Å². The van der Waals surface area contributed by atoms with Gasteiger partial charge < -0.3 is 14.1 Å². The predicted molar refractivity (Wildman–Crippen MR) is 103 cm³/mol. The Bertz CT molecular complexity index is 1160. The molecule has 0 bridgehead atoms. The van der Waals surface area contributed by atoms with Gasteiger partial charge in [0.1, 0.15) is 17.2 Å². The van der Waals surface area contributed by atoms with Crippen molar-refractivity contribution >= 4 is 33.8 Å². The maximum Gasteiger partial charge on any atom is 0.305 e. The van der Waals surface area contributed by atoms with Crippen LogP contribution in [0, 0.1) is 6.92 Å². The van der Waals surface area contributed by atoms with Gasteiger partial charge in [0.2, 0.25) is 5.91 Å². The molecule has 3 N–H and O–H groups in total. The lowest BCUT2D eigenvalue weighted by atomic mass is 10.1. The smallest absolute Gasteiger partial charge is 0.305 e. The lowest BCUT2D eigenvalue weighted by molar-refractivity contribution is -0.121. The number of hydrazine groups is 1. The number of benzene rings is 2. The van der Waals surface area contributed by atoms with E-state index in [-0.39, 0.29) is 12.2 Å². The fourth-order valence-electron chi connectivity index (χ4n) is 3.01. The minimum Gasteiger partial charge on any atom is -0.497 e. The van der Waals surface area contributed by atoms with Gasteiger partial charge in [-0.1, -0.05) is 12.1 Å². The van der Waals surface area contributed by atoms with E-state index < -0.39 is 11.8 Å². The predicted octanol–water partition coefficient (Wildman–Crippen LogP) is 2.63. The highest BCUT2D eigenvalue weighted by atomic mass is 16.5. The highest BCUT2D eigenvalue weighted by Crippen LogP contribution is 2.28. The van der Waals surface area contributed by atoms with E-state index in [0.717, 1.165) is 16.4 Å². The van der Waals surface area contributed by atoms with Gasteiger partial charge in [-0.25, -0.2) is 4.98 Å². The molecule has 142 valence electrons. The van der Waals surface area contributed by atoms with Crippen LogP contribution in [0.5, 0.6) is 5.75 Å². The van der Waals surface area contributed by atoms with Crippen LogP contribution in [0.15, 0.2) is 46.9 Å². The summed E-state index contributed by atoms with van der Waals surface area (Å²) in [6.07, 6.45) is 0.00523. The first-order chi connectivity index (χ1) is 13.5. The standard InChI is InChI=1S/C20H18N4O4/c1-11-13-9-12(27-2)7-8-16(13)28-19(11)20(26)24-23-18(25)10-17-21-14-5-3-4-6-15(14)22-17/h3-9H,10H2,1-2H3,(H,21,22)(H,23,25)(H,24,26). The number of ether oxygens (including phenoxy) is 1. The number of carbonyl (C=O) groups is 2. The molecule has 0 unspecified atom stereocenters. The van der Waals surface area contributed by atoms with Gasteiger partial charge in [-0.2, -0.15) is 0 Å². The van der Waals surface area contributed by atoms with Gasteiger partial charge in [0.25, 0.3) is 0 Å². The summed E-state index contributed by atoms with van der Waals surface area (Å²) in [4.78, 5) is 32.0. The lowest BCUT2D eigenvalue weighted by Gasteiger charge is -2.05. The summed E-state index contributed by atoms with van der Waals surface area (Å²) in [7, 11) is 1.57. The average Bonchev–Trinajstić information content (AvgIpc) is 3.26. The quantitative estimate of drug-likeness (QED) is 0.473. The number of aromatic nitrogens is 2. The van der Waals surface area contributed by atoms with Crippen LogP contribution in [0.2, 0.25) is 0 Å². The van der Waals surface area contributed by atoms with Crippen molar-refractivity contribution in [1.29, 1.82) is 0 Å². The maximum atomic E-state index is 12.4. The molecule has 8 heteroatoms. The minimum absolute atomic E-state index is 0.00523. The molecule has 2 aromatic heterocycles. The lowest BCUT2D eigenvalue weighted by Crippen LogP contribution is -2.42. The highest BCUT2D eigenvalue weighted by Gasteiger charge is 2.19. The molecule has 0 radical (unpaired) electrons. The molecule has 4 rings (SSSR count). The second-order valence-corrected chi connectivity index (χ2v) is 6.30. The number of rotatable bonds is 4. The van der Waals surface area contributed by atoms with Gasteiger partial charge in [-0.15, -0.1) is 0 Å². The Morgan fingerprint density at radius 1 is 1.18 bits per heavy atom. The van der Waals surface area contributed by atoms with Crippen LogP contribution in [-0.4, -0.2) is 28.9 Å². The minimum atomic E-state index is -0.536. The van der Waals surface area contributed by atoms with E-state index in [9.17, 15) is 9.59 Å². The number of imidazole rings is 1. The van der Waals surface area contributed by atoms with Crippen LogP contribution in [0.25, 0.3) is 22.0 Å². The number of hydrogen-bond acceptors (Lipinski definition) is 5. The third kappa shape index (κ3) is 3.27. The summed E-state index contributed by atoms with van der Waals surface area (Å²) in [5.74, 6) is 0.378. The zero-order valence-electron chi connectivity index (χ0n) is 15.3. The molecule has 0 aliphatic rings. The first kappa shape index (κ1) is 17.6. The van der Waals surface area contributed by atoms with Crippen LogP contribution in [0.1, 0.15) is 21.9 Å². The van der Waals surface area contributed by atoms with Crippen molar-refractivity contribution < 1.29 is 18.7 Å². The summed E-state index contributed by atoms with van der Waals surface area (Å²) in [6.45, 7) is 1.77. The molecule has 0 saturated heterocycles. The van der Waals surface area contributed by atoms with Crippen molar-refractivity contribution in [2.45, 2.75) is 13.3 Å². The molecule has 0 aliphatic heterocycles. The highest BCUT2D eigenvalue weighted by molar-refractivity contribution is 5.99. The van der Waals surface area contributed by atoms with Crippen LogP contribution in [0.3, 0.4) is 0 Å². The molecule has 4 aromatic rings. The Balaban J connectivity index is 1.43. The van der Waals surface area contributed by atoms with Gasteiger partial charge in [-0.3, -0.25) is 20.4 Å². The van der Waals surface area contributed by atoms with Crippen molar-refractivity contribution in [2.75, 3.05) is 7.11 Å². The number of furan rings is 1. The van der Waals surface area contributed by atoms with Gasteiger partial charge >= 0.3 is 5.91 Å². The molecule has 0 saturated carbocycles. The second kappa shape index (κ2) is 7.07. The number of nitrogens with zero attached hydrogens (tertiary/aromatic N) is 1. The molecule has 2 heterocycles. The number of aromatic amines is 1. The Morgan fingerprint density at radius 3 is 2.79 bits per heavy atom. The summed E-state index contributed by atoms with van der Waals surface area (Å²) < 4.78 is 10.8. The number of nitrogens with one attached hydrogen (secondary N) is 3. The number of fused-ring (bicyclic) bond motifs is 2. The Morgan fingerprint density at radius 2 is 2.00 bits per heavy atom. The largest absolute Gasteiger partial charge is 0.497 e. The van der Waals surface area contributed by atoms with Crippen LogP contribution < -0.4 is 15.6 Å². The summed E-state index contributed by atoms with van der Waals surface area (Å²) in [6, 6.07) is 12.8. The summed E-state index contributed by atoms with van der Waals surface area (Å²) in [5.41, 5.74) is 7.62. The number of carbonyl (C=O) groups excluding carboxylic acids is 2. The molecule has 0 atom stereocenters. The van der Waals surface area contributed by atoms with Crippen molar-refractivity contribution in [3.63, 3.8) is 0 Å². The van der Waals surface area contributed by atoms with Crippen LogP contribution >= 0.6 is 0 Å². The topological polar surface area (TPSA) is 109 Å². The van der Waals surface area contributed by atoms with Crippen LogP contribution in [0.4, 0.5) is 0 Å². The Kier molecular flexibility index (Phi) is 4.44. The van der Waals surface area contributed by atoms with Crippen LogP contribution in [-0.2, 0) is 11.2 Å². The fourth-order valence-corrected chi connectivity index (χ4v) is 3.01. The third-order valence-electron chi connectivity index (χ3n) is 4.43. The third-order valence-corrected chi connectivity index (χ3v) is 4.43. The molecule has 28 heavy (non-hydrogen) atoms. The SMILES string of the molecule is COc1ccc2oc(C(=O)NNC(=O)Cc3nc4ccccc4[nH]3)c(C)c2c1. The van der Waals surface area contributed by atoms with E-state index in [1.165, 1.54) is 0 Å². The zero-order chi connectivity index (χ0) is 19.7. The van der Waals surface area contributed by atoms with Crippen molar-refractivity contribution in [2.24, 2.45) is 0 Å². The average molecular weight is 378 g/mol. The van der Waals surface area contributed by atoms with Crippen molar-refractivity contribution in [1.82, 2.24) is 20.8 Å². The van der Waals surface area contributed by atoms with Gasteiger partial charge in [0, 0.05) is 10.9 Å². The Labute approximate surface area is 159 Å². The van der Waals surface area contributed by atoms with Crippen molar-refractivity contribution in [3.05, 3.63) is 59.6 Å². The fraction of sp³-hybridized carbons (Fsp3) is 0.150. The molecule has 0 aliphatic carbocycles. The number of H-pyrrole nitrogens is 1. The first-order valence-corrected chi connectivity index (χ1v) is 8.65. The molecule has 8 nitrogen and oxygen atoms in total. The molecule has 2 amide bonds. The number of hydrogen-bond donors (Lipinski definition) is 3. The number of amides is 2. The van der Waals surface area contributed by atoms with E-state index >= 15 is 0 Å². The molecule has 0 spiro atoms. The number of aryl methyl sites for hydroxylation is 1. The van der Waals surface area contributed by atoms with E-state index in [1.807, 2.05) is 24.3 Å². The number of para-hydroxylation sites is 2. The maximum absolute atomic E-state index is 12.4. The first-order valence-electron chi connectivity index (χ1n) is 8.65. The van der Waals surface area contributed by atoms with Crippen molar-refractivity contribution in [3.8, 4) is 5.75 Å². The molecular weight excluding hydrogens is 360 g/mol. The second-order valence-electron chi connectivity index (χ2n) is 6.30. The van der Waals surface area contributed by atoms with E-state index in [1.54, 1.807) is 32.2 Å². The van der Waals surface area contributed by atoms with E-state index in [4.69, 9.17) is 9.15 Å². The number of methoxy groups -OCH3 is 1. The van der Waals surface area contributed by atoms with E-state index in [0.29, 0.717) is 22.7 Å². The molecule has 2 aromatic carbocycles.